The van der Waals surface area contributed by atoms with Gasteiger partial charge in [0.05, 0.1) is 12.6 Å². The van der Waals surface area contributed by atoms with Gasteiger partial charge in [0.2, 0.25) is 11.8 Å². The Labute approximate surface area is 108 Å². The first-order valence-electron chi connectivity index (χ1n) is 6.00. The first kappa shape index (κ1) is 14.6. The molecule has 0 aliphatic rings. The van der Waals surface area contributed by atoms with Crippen LogP contribution in [0.25, 0.3) is 0 Å². The van der Waals surface area contributed by atoms with Crippen molar-refractivity contribution in [3.05, 3.63) is 11.7 Å². The average Bonchev–Trinajstić information content (AvgIpc) is 2.60. The highest BCUT2D eigenvalue weighted by molar-refractivity contribution is 5.78. The molecule has 6 nitrogen and oxygen atoms in total. The summed E-state index contributed by atoms with van der Waals surface area (Å²) >= 11 is 0. The Morgan fingerprint density at radius 1 is 1.50 bits per heavy atom. The molecule has 1 atom stereocenters. The van der Waals surface area contributed by atoms with Crippen molar-refractivity contribution in [3.63, 3.8) is 0 Å². The Bertz CT molecular complexity index is 408. The molecule has 1 rings (SSSR count). The number of amides is 1. The largest absolute Gasteiger partial charge is 0.350 e. The lowest BCUT2D eigenvalue weighted by Gasteiger charge is -2.25. The van der Waals surface area contributed by atoms with Crippen LogP contribution in [0.2, 0.25) is 0 Å². The number of aromatic nitrogens is 2. The molecule has 18 heavy (non-hydrogen) atoms. The van der Waals surface area contributed by atoms with E-state index in [2.05, 4.69) is 15.5 Å². The number of rotatable bonds is 4. The first-order valence-corrected chi connectivity index (χ1v) is 6.00. The van der Waals surface area contributed by atoms with Gasteiger partial charge in [0.1, 0.15) is 0 Å². The van der Waals surface area contributed by atoms with Gasteiger partial charge in [0.15, 0.2) is 5.82 Å². The minimum absolute atomic E-state index is 0.0203. The molecule has 0 aliphatic heterocycles. The second-order valence-corrected chi connectivity index (χ2v) is 5.57. The smallest absolute Gasteiger partial charge is 0.243 e. The zero-order valence-electron chi connectivity index (χ0n) is 11.9. The number of carbonyl (C=O) groups is 1. The first-order chi connectivity index (χ1) is 8.19. The minimum Gasteiger partial charge on any atom is -0.350 e. The molecule has 1 N–H and O–H groups in total. The van der Waals surface area contributed by atoms with Gasteiger partial charge in [-0.15, -0.1) is 0 Å². The Morgan fingerprint density at radius 3 is 2.56 bits per heavy atom. The van der Waals surface area contributed by atoms with E-state index in [-0.39, 0.29) is 17.5 Å². The van der Waals surface area contributed by atoms with Gasteiger partial charge in [-0.05, 0) is 41.7 Å². The Hall–Kier alpha value is -1.43. The maximum Gasteiger partial charge on any atom is 0.243 e. The molecule has 0 bridgehead atoms. The second kappa shape index (κ2) is 5.48. The molecule has 0 saturated carbocycles. The van der Waals surface area contributed by atoms with E-state index in [9.17, 15) is 4.79 Å². The lowest BCUT2D eigenvalue weighted by atomic mass is 10.1. The van der Waals surface area contributed by atoms with E-state index >= 15 is 0 Å². The van der Waals surface area contributed by atoms with Gasteiger partial charge in [0.25, 0.3) is 0 Å². The zero-order chi connectivity index (χ0) is 13.9. The van der Waals surface area contributed by atoms with Crippen molar-refractivity contribution < 1.29 is 9.32 Å². The molecule has 1 aromatic rings. The Morgan fingerprint density at radius 2 is 2.11 bits per heavy atom. The second-order valence-electron chi connectivity index (χ2n) is 5.57. The fourth-order valence-electron chi connectivity index (χ4n) is 1.49. The minimum atomic E-state index is -0.220. The summed E-state index contributed by atoms with van der Waals surface area (Å²) in [5.41, 5.74) is -0.220. The summed E-state index contributed by atoms with van der Waals surface area (Å²) in [7, 11) is 1.85. The van der Waals surface area contributed by atoms with Crippen LogP contribution in [-0.2, 0) is 4.79 Å². The van der Waals surface area contributed by atoms with Crippen LogP contribution in [-0.4, -0.2) is 40.1 Å². The summed E-state index contributed by atoms with van der Waals surface area (Å²) in [6, 6.07) is -0.0862. The molecule has 0 radical (unpaired) electrons. The Balaban J connectivity index is 2.55. The van der Waals surface area contributed by atoms with E-state index in [4.69, 9.17) is 4.52 Å². The zero-order valence-corrected chi connectivity index (χ0v) is 11.9. The molecular weight excluding hydrogens is 232 g/mol. The van der Waals surface area contributed by atoms with Gasteiger partial charge in [0, 0.05) is 5.54 Å². The summed E-state index contributed by atoms with van der Waals surface area (Å²) in [6.07, 6.45) is 0. The standard InChI is InChI=1S/C12H22N4O2/c1-8(11-13-9(2)15-18-11)16(6)7-10(17)14-12(3,4)5/h8H,7H2,1-6H3,(H,14,17)/t8-/m0/s1. The van der Waals surface area contributed by atoms with Gasteiger partial charge >= 0.3 is 0 Å². The van der Waals surface area contributed by atoms with Crippen molar-refractivity contribution in [2.75, 3.05) is 13.6 Å². The highest BCUT2D eigenvalue weighted by atomic mass is 16.5. The van der Waals surface area contributed by atoms with E-state index < -0.39 is 0 Å². The van der Waals surface area contributed by atoms with E-state index in [0.717, 1.165) is 0 Å². The number of aryl methyl sites for hydroxylation is 1. The van der Waals surface area contributed by atoms with Crippen molar-refractivity contribution >= 4 is 5.91 Å². The quantitative estimate of drug-likeness (QED) is 0.876. The summed E-state index contributed by atoms with van der Waals surface area (Å²) in [5, 5.41) is 6.66. The molecule has 6 heteroatoms. The summed E-state index contributed by atoms with van der Waals surface area (Å²) < 4.78 is 5.10. The molecule has 0 aromatic carbocycles. The highest BCUT2D eigenvalue weighted by Crippen LogP contribution is 2.15. The van der Waals surface area contributed by atoms with Crippen LogP contribution in [0.1, 0.15) is 45.5 Å². The number of nitrogens with one attached hydrogen (secondary N) is 1. The molecule has 0 fully saturated rings. The third kappa shape index (κ3) is 4.44. The normalized spacial score (nSPS) is 13.7. The number of nitrogens with zero attached hydrogens (tertiary/aromatic N) is 3. The van der Waals surface area contributed by atoms with Gasteiger partial charge in [-0.2, -0.15) is 4.98 Å². The lowest BCUT2D eigenvalue weighted by Crippen LogP contribution is -2.45. The fraction of sp³-hybridized carbons (Fsp3) is 0.750. The van der Waals surface area contributed by atoms with Gasteiger partial charge in [-0.25, -0.2) is 0 Å². The molecule has 102 valence electrons. The maximum absolute atomic E-state index is 11.8. The molecule has 0 aliphatic carbocycles. The van der Waals surface area contributed by atoms with Crippen molar-refractivity contribution in [2.45, 2.75) is 46.2 Å². The SMILES string of the molecule is Cc1noc([C@H](C)N(C)CC(=O)NC(C)(C)C)n1. The molecule has 1 heterocycles. The van der Waals surface area contributed by atoms with Crippen LogP contribution in [0.4, 0.5) is 0 Å². The van der Waals surface area contributed by atoms with Crippen LogP contribution >= 0.6 is 0 Å². The van der Waals surface area contributed by atoms with Crippen LogP contribution in [0.5, 0.6) is 0 Å². The third-order valence-electron chi connectivity index (χ3n) is 2.47. The molecule has 0 spiro atoms. The lowest BCUT2D eigenvalue weighted by molar-refractivity contribution is -0.123. The van der Waals surface area contributed by atoms with E-state index in [1.54, 1.807) is 6.92 Å². The van der Waals surface area contributed by atoms with E-state index in [1.165, 1.54) is 0 Å². The summed E-state index contributed by atoms with van der Waals surface area (Å²) in [6.45, 7) is 9.85. The van der Waals surface area contributed by atoms with Crippen molar-refractivity contribution in [1.82, 2.24) is 20.4 Å². The fourth-order valence-corrected chi connectivity index (χ4v) is 1.49. The number of hydrogen-bond acceptors (Lipinski definition) is 5. The van der Waals surface area contributed by atoms with Crippen molar-refractivity contribution in [1.29, 1.82) is 0 Å². The van der Waals surface area contributed by atoms with E-state index in [0.29, 0.717) is 18.3 Å². The van der Waals surface area contributed by atoms with E-state index in [1.807, 2.05) is 39.6 Å². The molecule has 1 aromatic heterocycles. The predicted octanol–water partition coefficient (Wildman–Crippen LogP) is 1.29. The maximum atomic E-state index is 11.8. The summed E-state index contributed by atoms with van der Waals surface area (Å²) in [5.74, 6) is 1.11. The van der Waals surface area contributed by atoms with Crippen molar-refractivity contribution in [2.24, 2.45) is 0 Å². The third-order valence-corrected chi connectivity index (χ3v) is 2.47. The van der Waals surface area contributed by atoms with Crippen LogP contribution in [0.15, 0.2) is 4.52 Å². The van der Waals surface area contributed by atoms with Gasteiger partial charge in [-0.3, -0.25) is 9.69 Å². The number of likely N-dealkylation sites (N-methyl/N-ethyl adjacent to an activating group) is 1. The molecular formula is C12H22N4O2. The predicted molar refractivity (Wildman–Crippen MR) is 68.0 cm³/mol. The van der Waals surface area contributed by atoms with Crippen LogP contribution in [0, 0.1) is 6.92 Å². The molecule has 0 unspecified atom stereocenters. The van der Waals surface area contributed by atoms with Crippen LogP contribution < -0.4 is 5.32 Å². The van der Waals surface area contributed by atoms with Crippen molar-refractivity contribution in [3.8, 4) is 0 Å². The van der Waals surface area contributed by atoms with Gasteiger partial charge < -0.3 is 9.84 Å². The Kier molecular flexibility index (Phi) is 4.45. The molecule has 1 amide bonds. The molecule has 0 saturated heterocycles. The number of hydrogen-bond donors (Lipinski definition) is 1. The average molecular weight is 254 g/mol. The van der Waals surface area contributed by atoms with Gasteiger partial charge in [-0.1, -0.05) is 5.16 Å². The monoisotopic (exact) mass is 254 g/mol. The topological polar surface area (TPSA) is 71.3 Å². The summed E-state index contributed by atoms with van der Waals surface area (Å²) in [4.78, 5) is 17.8. The van der Waals surface area contributed by atoms with Crippen LogP contribution in [0.3, 0.4) is 0 Å². The number of carbonyl (C=O) groups excluding carboxylic acids is 1. The highest BCUT2D eigenvalue weighted by Gasteiger charge is 2.21.